The third kappa shape index (κ3) is 9.69. The van der Waals surface area contributed by atoms with E-state index in [-0.39, 0.29) is 50.6 Å². The van der Waals surface area contributed by atoms with Crippen molar-refractivity contribution >= 4 is 40.0 Å². The molecule has 5 bridgehead atoms. The molecule has 3 aliphatic rings. The molecule has 15 heteroatoms. The zero-order valence-electron chi connectivity index (χ0n) is 35.8. The van der Waals surface area contributed by atoms with Gasteiger partial charge in [0.1, 0.15) is 23.4 Å². The van der Waals surface area contributed by atoms with Gasteiger partial charge in [-0.3, -0.25) is 19.2 Å². The number of fused-ring (bicyclic) bond motifs is 14. The van der Waals surface area contributed by atoms with Gasteiger partial charge >= 0.3 is 11.8 Å². The van der Waals surface area contributed by atoms with Crippen LogP contribution in [0.1, 0.15) is 84.7 Å². The molecule has 2 amide bonds. The van der Waals surface area contributed by atoms with Gasteiger partial charge in [0.05, 0.1) is 41.2 Å². The van der Waals surface area contributed by atoms with E-state index < -0.39 is 89.6 Å². The molecular weight excluding hydrogens is 764 g/mol. The van der Waals surface area contributed by atoms with Crippen LogP contribution in [0.2, 0.25) is 0 Å². The second kappa shape index (κ2) is 19.3. The van der Waals surface area contributed by atoms with Crippen LogP contribution in [0.4, 0.5) is 5.69 Å². The number of esters is 1. The Labute approximate surface area is 345 Å². The highest BCUT2D eigenvalue weighted by atomic mass is 16.7. The van der Waals surface area contributed by atoms with Crippen molar-refractivity contribution in [3.05, 3.63) is 53.3 Å². The monoisotopic (exact) mass is 824 g/mol. The first-order valence-electron chi connectivity index (χ1n) is 20.0. The third-order valence-corrected chi connectivity index (χ3v) is 11.4. The molecular formula is C44H60N2O13. The van der Waals surface area contributed by atoms with Crippen LogP contribution in [0.3, 0.4) is 0 Å². The predicted molar refractivity (Wildman–Crippen MR) is 220 cm³/mol. The molecule has 0 aromatic heterocycles. The number of allylic oxidation sites excluding steroid dienone is 2. The number of rotatable bonds is 8. The molecule has 0 radical (unpaired) electrons. The smallest absolute Gasteiger partial charge is 0.312 e. The number of ether oxygens (including phenoxy) is 5. The maximum Gasteiger partial charge on any atom is 0.312 e. The van der Waals surface area contributed by atoms with Crippen LogP contribution in [0.5, 0.6) is 23.0 Å². The number of carbonyl (C=O) groups excluding carboxylic acids is 4. The molecule has 9 unspecified atom stereocenters. The minimum atomic E-state index is -2.02. The van der Waals surface area contributed by atoms with Crippen molar-refractivity contribution in [3.63, 3.8) is 0 Å². The highest BCUT2D eigenvalue weighted by Crippen LogP contribution is 2.54. The molecule has 9 atom stereocenters. The fourth-order valence-electron chi connectivity index (χ4n) is 7.71. The first-order valence-corrected chi connectivity index (χ1v) is 20.0. The highest BCUT2D eigenvalue weighted by molar-refractivity contribution is 6.21. The molecule has 2 aromatic carbocycles. The summed E-state index contributed by atoms with van der Waals surface area (Å²) in [6, 6.07) is 1.27. The second-order valence-electron chi connectivity index (χ2n) is 15.7. The van der Waals surface area contributed by atoms with Crippen molar-refractivity contribution in [1.82, 2.24) is 4.90 Å². The van der Waals surface area contributed by atoms with E-state index in [1.807, 2.05) is 13.8 Å². The largest absolute Gasteiger partial charge is 0.507 e. The molecule has 5 rings (SSSR count). The number of carbonyl (C=O) groups is 4. The van der Waals surface area contributed by atoms with Crippen LogP contribution in [-0.2, 0) is 28.6 Å². The number of phenolic OH excluding ortho intramolecular Hbond substituents is 2. The van der Waals surface area contributed by atoms with E-state index in [1.165, 1.54) is 59.3 Å². The molecule has 0 saturated carbocycles. The summed E-state index contributed by atoms with van der Waals surface area (Å²) in [6.45, 7) is 16.8. The minimum Gasteiger partial charge on any atom is -0.507 e. The van der Waals surface area contributed by atoms with Crippen molar-refractivity contribution in [2.45, 2.75) is 106 Å². The number of hydrogen-bond donors (Lipinski definition) is 5. The van der Waals surface area contributed by atoms with Gasteiger partial charge < -0.3 is 54.3 Å². The Morgan fingerprint density at radius 3 is 2.25 bits per heavy atom. The van der Waals surface area contributed by atoms with Crippen LogP contribution in [0, 0.1) is 30.6 Å². The van der Waals surface area contributed by atoms with Crippen molar-refractivity contribution < 1.29 is 63.3 Å². The summed E-state index contributed by atoms with van der Waals surface area (Å²) in [5.74, 6) is -7.98. The standard InChI is InChI=1S/C44H60N2O13/c1-12-18-46(13-2)32(48)21-56-31-20-29-39(52)34-33(31)35-41(27(8)38(34)51)59-44(10,42(35)53)57-19-17-30(55-11)24(5)40(58-28(9)47)26(7)37(50)25(6)36(49)22(3)15-14-16-23(4)43(54)45-29/h14-17,19-20,22,24-26,30,36-37,40,49-52H,12-13,18,21H2,1-11H3,(H,45,54)/b15-14+,19-17+,23-16?. The lowest BCUT2D eigenvalue weighted by Gasteiger charge is -2.38. The molecule has 0 saturated heterocycles. The summed E-state index contributed by atoms with van der Waals surface area (Å²) in [4.78, 5) is 55.2. The SMILES string of the molecule is CCCN(CC)C(=O)COc1cc2c(O)c3c(O)c(C)c4c(c13)C(=O)C(C)(O/C=C/C(OC)C(C)C(OC(C)=O)C(C)C(O)C(C)C(O)C(C)/C=C/C=C(C)C(=O)N2)O4. The number of benzene rings is 2. The first-order chi connectivity index (χ1) is 27.7. The van der Waals surface area contributed by atoms with Gasteiger partial charge in [-0.2, -0.15) is 0 Å². The molecule has 59 heavy (non-hydrogen) atoms. The van der Waals surface area contributed by atoms with Crippen molar-refractivity contribution in [2.24, 2.45) is 23.7 Å². The number of phenols is 2. The summed E-state index contributed by atoms with van der Waals surface area (Å²) in [5, 5.41) is 48.5. The van der Waals surface area contributed by atoms with Crippen LogP contribution >= 0.6 is 0 Å². The zero-order chi connectivity index (χ0) is 44.1. The van der Waals surface area contributed by atoms with Crippen LogP contribution < -0.4 is 14.8 Å². The fraction of sp³-hybridized carbons (Fsp3) is 0.545. The van der Waals surface area contributed by atoms with E-state index in [1.54, 1.807) is 44.7 Å². The van der Waals surface area contributed by atoms with Crippen LogP contribution in [-0.4, -0.2) is 106 Å². The molecule has 15 nitrogen and oxygen atoms in total. The van der Waals surface area contributed by atoms with E-state index in [4.69, 9.17) is 23.7 Å². The molecule has 324 valence electrons. The lowest BCUT2D eigenvalue weighted by molar-refractivity contribution is -0.160. The minimum absolute atomic E-state index is 0.0551. The molecule has 3 aliphatic heterocycles. The number of nitrogens with zero attached hydrogens (tertiary/aromatic N) is 1. The fourth-order valence-corrected chi connectivity index (χ4v) is 7.71. The lowest BCUT2D eigenvalue weighted by atomic mass is 9.78. The Balaban J connectivity index is 1.94. The quantitative estimate of drug-likeness (QED) is 0.160. The number of amides is 2. The summed E-state index contributed by atoms with van der Waals surface area (Å²) in [5.41, 5.74) is 0.000400. The molecule has 0 fully saturated rings. The number of aliphatic hydroxyl groups is 2. The topological polar surface area (TPSA) is 211 Å². The maximum atomic E-state index is 14.5. The number of methoxy groups -OCH3 is 1. The van der Waals surface area contributed by atoms with Crippen molar-refractivity contribution in [3.8, 4) is 23.0 Å². The summed E-state index contributed by atoms with van der Waals surface area (Å²) in [7, 11) is 1.44. The third-order valence-electron chi connectivity index (χ3n) is 11.4. The summed E-state index contributed by atoms with van der Waals surface area (Å²) < 4.78 is 29.8. The molecule has 3 heterocycles. The van der Waals surface area contributed by atoms with Crippen molar-refractivity contribution in [1.29, 1.82) is 0 Å². The number of nitrogens with one attached hydrogen (secondary N) is 1. The molecule has 0 spiro atoms. The van der Waals surface area contributed by atoms with Crippen LogP contribution in [0.25, 0.3) is 10.8 Å². The van der Waals surface area contributed by atoms with Crippen molar-refractivity contribution in [2.75, 3.05) is 32.1 Å². The van der Waals surface area contributed by atoms with E-state index in [2.05, 4.69) is 5.32 Å². The average molecular weight is 825 g/mol. The van der Waals surface area contributed by atoms with Gasteiger partial charge in [-0.05, 0) is 33.3 Å². The number of likely N-dealkylation sites (N-methyl/N-ethyl adjacent to an activating group) is 1. The Morgan fingerprint density at radius 1 is 0.966 bits per heavy atom. The Bertz CT molecular complexity index is 2010. The Hall–Kier alpha value is -5.12. The average Bonchev–Trinajstić information content (AvgIpc) is 3.46. The Kier molecular flexibility index (Phi) is 15.2. The number of aliphatic hydroxyl groups excluding tert-OH is 2. The van der Waals surface area contributed by atoms with E-state index in [0.29, 0.717) is 19.5 Å². The van der Waals surface area contributed by atoms with Gasteiger partial charge in [0.15, 0.2) is 12.4 Å². The van der Waals surface area contributed by atoms with Gasteiger partial charge in [-0.25, -0.2) is 0 Å². The Morgan fingerprint density at radius 2 is 1.64 bits per heavy atom. The van der Waals surface area contributed by atoms with Crippen LogP contribution in [0.15, 0.2) is 42.2 Å². The predicted octanol–water partition coefficient (Wildman–Crippen LogP) is 5.69. The lowest BCUT2D eigenvalue weighted by Crippen LogP contribution is -2.46. The van der Waals surface area contributed by atoms with E-state index >= 15 is 0 Å². The summed E-state index contributed by atoms with van der Waals surface area (Å²) in [6.07, 6.45) is 4.31. The van der Waals surface area contributed by atoms with Gasteiger partial charge in [-0.15, -0.1) is 0 Å². The van der Waals surface area contributed by atoms with Gasteiger partial charge in [0.25, 0.3) is 17.6 Å². The van der Waals surface area contributed by atoms with Gasteiger partial charge in [0.2, 0.25) is 0 Å². The number of aromatic hydroxyl groups is 2. The van der Waals surface area contributed by atoms with E-state index in [9.17, 15) is 39.6 Å². The van der Waals surface area contributed by atoms with Gasteiger partial charge in [0, 0.05) is 80.3 Å². The molecule has 2 aromatic rings. The normalized spacial score (nSPS) is 28.9. The number of Topliss-reactive ketones (excluding diaryl/α,β-unsaturated/α-hetero) is 1. The first kappa shape index (κ1) is 46.6. The number of ketones is 1. The number of hydrogen-bond acceptors (Lipinski definition) is 13. The second-order valence-corrected chi connectivity index (χ2v) is 15.7. The zero-order valence-corrected chi connectivity index (χ0v) is 35.8. The van der Waals surface area contributed by atoms with E-state index in [0.717, 1.165) is 0 Å². The van der Waals surface area contributed by atoms with Gasteiger partial charge in [-0.1, -0.05) is 52.8 Å². The number of anilines is 1. The maximum absolute atomic E-state index is 14.5. The summed E-state index contributed by atoms with van der Waals surface area (Å²) >= 11 is 0. The molecule has 5 N–H and O–H groups in total. The molecule has 0 aliphatic carbocycles. The highest BCUT2D eigenvalue weighted by Gasteiger charge is 2.49.